The van der Waals surface area contributed by atoms with Crippen LogP contribution in [0.5, 0.6) is 0 Å². The lowest BCUT2D eigenvalue weighted by molar-refractivity contribution is 0.0683. The predicted octanol–water partition coefficient (Wildman–Crippen LogP) is 3.63. The van der Waals surface area contributed by atoms with Crippen LogP contribution in [-0.2, 0) is 19.5 Å². The van der Waals surface area contributed by atoms with Gasteiger partial charge in [-0.25, -0.2) is 4.98 Å². The quantitative estimate of drug-likeness (QED) is 0.624. The lowest BCUT2D eigenvalue weighted by atomic mass is 9.90. The number of rotatable bonds is 5. The first kappa shape index (κ1) is 20.5. The lowest BCUT2D eigenvalue weighted by Crippen LogP contribution is -2.40. The number of fused-ring (bicyclic) bond motifs is 1. The molecule has 164 valence electrons. The number of nitrogens with zero attached hydrogens (tertiary/aromatic N) is 4. The highest BCUT2D eigenvalue weighted by Crippen LogP contribution is 2.23. The van der Waals surface area contributed by atoms with Crippen molar-refractivity contribution in [2.24, 2.45) is 5.92 Å². The Hall–Kier alpha value is -3.41. The minimum atomic E-state index is -0.110. The van der Waals surface area contributed by atoms with Crippen LogP contribution >= 0.6 is 0 Å². The summed E-state index contributed by atoms with van der Waals surface area (Å²) in [6, 6.07) is 20.5. The molecule has 1 aromatic heterocycles. The Labute approximate surface area is 188 Å². The molecule has 0 spiro atoms. The van der Waals surface area contributed by atoms with Gasteiger partial charge in [0.05, 0.1) is 0 Å². The molecule has 6 heteroatoms. The molecule has 0 saturated carbocycles. The molecule has 2 aromatic carbocycles. The van der Waals surface area contributed by atoms with Gasteiger partial charge in [-0.2, -0.15) is 0 Å². The molecule has 6 nitrogen and oxygen atoms in total. The number of aromatic nitrogens is 2. The largest absolute Gasteiger partial charge is 0.337 e. The summed E-state index contributed by atoms with van der Waals surface area (Å²) in [4.78, 5) is 34.2. The van der Waals surface area contributed by atoms with E-state index in [9.17, 15) is 9.59 Å². The maximum absolute atomic E-state index is 13.1. The Bertz CT molecular complexity index is 1090. The van der Waals surface area contributed by atoms with Gasteiger partial charge in [-0.3, -0.25) is 9.59 Å². The van der Waals surface area contributed by atoms with E-state index in [4.69, 9.17) is 0 Å². The summed E-state index contributed by atoms with van der Waals surface area (Å²) in [5.41, 5.74) is 2.84. The second-order valence-electron chi connectivity index (χ2n) is 8.78. The molecule has 0 radical (unpaired) electrons. The molecule has 0 aliphatic carbocycles. The molecule has 0 bridgehead atoms. The van der Waals surface area contributed by atoms with Crippen molar-refractivity contribution in [3.05, 3.63) is 89.5 Å². The molecule has 2 aliphatic heterocycles. The molecular weight excluding hydrogens is 400 g/mol. The van der Waals surface area contributed by atoms with E-state index in [0.29, 0.717) is 37.1 Å². The Morgan fingerprint density at radius 1 is 0.875 bits per heavy atom. The van der Waals surface area contributed by atoms with Crippen LogP contribution < -0.4 is 0 Å². The van der Waals surface area contributed by atoms with E-state index >= 15 is 0 Å². The molecule has 0 unspecified atom stereocenters. The maximum atomic E-state index is 13.1. The standard InChI is InChI=1S/C26H28N4O2/c31-25(28-13-11-21(12-14-28)17-20-7-3-1-4-8-20)23-19-29-15-16-30(26(32)24(29)27-23)18-22-9-5-2-6-10-22/h1-10,19,21H,11-18H2. The third-order valence-electron chi connectivity index (χ3n) is 6.57. The predicted molar refractivity (Wildman–Crippen MR) is 122 cm³/mol. The highest BCUT2D eigenvalue weighted by atomic mass is 16.2. The normalized spacial score (nSPS) is 16.8. The SMILES string of the molecule is O=C(c1cn2c(n1)C(=O)N(Cc1ccccc1)CC2)N1CCC(Cc2ccccc2)CC1. The number of carbonyl (C=O) groups is 2. The van der Waals surface area contributed by atoms with Gasteiger partial charge in [-0.15, -0.1) is 0 Å². The van der Waals surface area contributed by atoms with E-state index in [-0.39, 0.29) is 11.8 Å². The van der Waals surface area contributed by atoms with E-state index in [1.807, 2.05) is 45.9 Å². The minimum absolute atomic E-state index is 0.0625. The van der Waals surface area contributed by atoms with Gasteiger partial charge in [0.2, 0.25) is 0 Å². The number of carbonyl (C=O) groups excluding carboxylic acids is 2. The molecule has 2 amide bonds. The Morgan fingerprint density at radius 3 is 2.22 bits per heavy atom. The number of likely N-dealkylation sites (tertiary alicyclic amines) is 1. The molecule has 0 atom stereocenters. The Balaban J connectivity index is 1.21. The molecule has 1 fully saturated rings. The third-order valence-corrected chi connectivity index (χ3v) is 6.57. The van der Waals surface area contributed by atoms with Gasteiger partial charge in [0, 0.05) is 38.9 Å². The van der Waals surface area contributed by atoms with Gasteiger partial charge in [0.1, 0.15) is 5.69 Å². The maximum Gasteiger partial charge on any atom is 0.290 e. The first-order chi connectivity index (χ1) is 15.7. The highest BCUT2D eigenvalue weighted by Gasteiger charge is 2.31. The zero-order valence-electron chi connectivity index (χ0n) is 18.2. The summed E-state index contributed by atoms with van der Waals surface area (Å²) in [5, 5.41) is 0. The number of benzene rings is 2. The fraction of sp³-hybridized carbons (Fsp3) is 0.346. The first-order valence-corrected chi connectivity index (χ1v) is 11.4. The molecule has 5 rings (SSSR count). The average molecular weight is 429 g/mol. The van der Waals surface area contributed by atoms with E-state index in [2.05, 4.69) is 29.2 Å². The molecule has 3 heterocycles. The van der Waals surface area contributed by atoms with Crippen molar-refractivity contribution in [2.45, 2.75) is 32.4 Å². The summed E-state index contributed by atoms with van der Waals surface area (Å²) in [5.74, 6) is 0.799. The van der Waals surface area contributed by atoms with Crippen molar-refractivity contribution in [3.63, 3.8) is 0 Å². The van der Waals surface area contributed by atoms with E-state index in [1.165, 1.54) is 5.56 Å². The van der Waals surface area contributed by atoms with Gasteiger partial charge in [-0.1, -0.05) is 60.7 Å². The van der Waals surface area contributed by atoms with Crippen LogP contribution in [0.3, 0.4) is 0 Å². The van der Waals surface area contributed by atoms with Crippen molar-refractivity contribution in [1.82, 2.24) is 19.4 Å². The molecular formula is C26H28N4O2. The van der Waals surface area contributed by atoms with E-state index < -0.39 is 0 Å². The average Bonchev–Trinajstić information content (AvgIpc) is 3.28. The van der Waals surface area contributed by atoms with Gasteiger partial charge in [0.15, 0.2) is 5.82 Å². The number of amides is 2. The summed E-state index contributed by atoms with van der Waals surface area (Å²) in [6.45, 7) is 3.33. The van der Waals surface area contributed by atoms with E-state index in [0.717, 1.165) is 37.9 Å². The molecule has 0 N–H and O–H groups in total. The highest BCUT2D eigenvalue weighted by molar-refractivity contribution is 5.96. The number of hydrogen-bond donors (Lipinski definition) is 0. The van der Waals surface area contributed by atoms with Crippen molar-refractivity contribution in [1.29, 1.82) is 0 Å². The Kier molecular flexibility index (Phi) is 5.75. The third kappa shape index (κ3) is 4.31. The number of hydrogen-bond acceptors (Lipinski definition) is 3. The van der Waals surface area contributed by atoms with Crippen LogP contribution in [-0.4, -0.2) is 50.8 Å². The topological polar surface area (TPSA) is 58.4 Å². The zero-order chi connectivity index (χ0) is 21.9. The van der Waals surface area contributed by atoms with E-state index in [1.54, 1.807) is 11.1 Å². The van der Waals surface area contributed by atoms with Crippen LogP contribution in [0.4, 0.5) is 0 Å². The molecule has 32 heavy (non-hydrogen) atoms. The Morgan fingerprint density at radius 2 is 1.53 bits per heavy atom. The smallest absolute Gasteiger partial charge is 0.290 e. The van der Waals surface area contributed by atoms with Crippen LogP contribution in [0.1, 0.15) is 45.1 Å². The van der Waals surface area contributed by atoms with Gasteiger partial charge in [-0.05, 0) is 36.3 Å². The summed E-state index contributed by atoms with van der Waals surface area (Å²) in [7, 11) is 0. The van der Waals surface area contributed by atoms with Crippen molar-refractivity contribution in [2.75, 3.05) is 19.6 Å². The second kappa shape index (κ2) is 8.99. The fourth-order valence-corrected chi connectivity index (χ4v) is 4.74. The van der Waals surface area contributed by atoms with Gasteiger partial charge in [0.25, 0.3) is 11.8 Å². The summed E-state index contributed by atoms with van der Waals surface area (Å²) < 4.78 is 1.83. The van der Waals surface area contributed by atoms with Crippen LogP contribution in [0, 0.1) is 5.92 Å². The molecule has 1 saturated heterocycles. The summed E-state index contributed by atoms with van der Waals surface area (Å²) >= 11 is 0. The van der Waals surface area contributed by atoms with Gasteiger partial charge < -0.3 is 14.4 Å². The van der Waals surface area contributed by atoms with Crippen molar-refractivity contribution >= 4 is 11.8 Å². The van der Waals surface area contributed by atoms with Gasteiger partial charge >= 0.3 is 0 Å². The zero-order valence-corrected chi connectivity index (χ0v) is 18.2. The fourth-order valence-electron chi connectivity index (χ4n) is 4.74. The summed E-state index contributed by atoms with van der Waals surface area (Å²) in [6.07, 6.45) is 4.81. The number of imidazole rings is 1. The monoisotopic (exact) mass is 428 g/mol. The van der Waals surface area contributed by atoms with Crippen molar-refractivity contribution < 1.29 is 9.59 Å². The van der Waals surface area contributed by atoms with Crippen molar-refractivity contribution in [3.8, 4) is 0 Å². The van der Waals surface area contributed by atoms with Crippen LogP contribution in [0.25, 0.3) is 0 Å². The second-order valence-corrected chi connectivity index (χ2v) is 8.78. The molecule has 3 aromatic rings. The lowest BCUT2D eigenvalue weighted by Gasteiger charge is -2.31. The van der Waals surface area contributed by atoms with Crippen LogP contribution in [0.2, 0.25) is 0 Å². The molecule has 2 aliphatic rings. The van der Waals surface area contributed by atoms with Crippen LogP contribution in [0.15, 0.2) is 66.9 Å². The first-order valence-electron chi connectivity index (χ1n) is 11.4. The minimum Gasteiger partial charge on any atom is -0.337 e. The number of piperidine rings is 1.